The second-order valence-electron chi connectivity index (χ2n) is 6.89. The van der Waals surface area contributed by atoms with Crippen LogP contribution in [0.1, 0.15) is 30.9 Å². The van der Waals surface area contributed by atoms with E-state index in [2.05, 4.69) is 46.2 Å². The first-order valence-corrected chi connectivity index (χ1v) is 8.93. The summed E-state index contributed by atoms with van der Waals surface area (Å²) < 4.78 is 0. The Morgan fingerprint density at radius 2 is 1.88 bits per heavy atom. The fraction of sp³-hybridized carbons (Fsp3) is 0.400. The number of hydrogen-bond acceptors (Lipinski definition) is 3. The van der Waals surface area contributed by atoms with Crippen LogP contribution in [-0.2, 0) is 6.54 Å². The SMILES string of the molecule is Cc1ccc(NC(N)=NCc2ccc(N3CCC(C)CC3)nc2)cc1.I. The molecule has 3 rings (SSSR count). The number of nitrogens with two attached hydrogens (primary N) is 1. The van der Waals surface area contributed by atoms with Gasteiger partial charge in [-0.15, -0.1) is 24.0 Å². The van der Waals surface area contributed by atoms with Gasteiger partial charge in [-0.3, -0.25) is 0 Å². The minimum atomic E-state index is 0. The molecule has 0 atom stereocenters. The number of piperidine rings is 1. The number of aromatic nitrogens is 1. The number of hydrogen-bond donors (Lipinski definition) is 2. The van der Waals surface area contributed by atoms with Gasteiger partial charge in [-0.05, 0) is 49.4 Å². The number of halogens is 1. The van der Waals surface area contributed by atoms with Crippen LogP contribution in [0, 0.1) is 12.8 Å². The minimum Gasteiger partial charge on any atom is -0.370 e. The highest BCUT2D eigenvalue weighted by atomic mass is 127. The number of nitrogens with one attached hydrogen (secondary N) is 1. The van der Waals surface area contributed by atoms with Crippen molar-refractivity contribution in [2.45, 2.75) is 33.2 Å². The van der Waals surface area contributed by atoms with E-state index in [1.54, 1.807) is 0 Å². The van der Waals surface area contributed by atoms with Crippen LogP contribution in [-0.4, -0.2) is 24.0 Å². The summed E-state index contributed by atoms with van der Waals surface area (Å²) in [6, 6.07) is 12.2. The molecule has 0 bridgehead atoms. The Balaban J connectivity index is 0.00000243. The maximum atomic E-state index is 5.96. The lowest BCUT2D eigenvalue weighted by atomic mass is 9.99. The number of guanidine groups is 1. The molecular weight excluding hydrogens is 437 g/mol. The summed E-state index contributed by atoms with van der Waals surface area (Å²) in [6.45, 7) is 7.09. The molecule has 0 radical (unpaired) electrons. The van der Waals surface area contributed by atoms with Crippen LogP contribution in [0.25, 0.3) is 0 Å². The Labute approximate surface area is 173 Å². The van der Waals surface area contributed by atoms with E-state index in [-0.39, 0.29) is 24.0 Å². The summed E-state index contributed by atoms with van der Waals surface area (Å²) in [5.41, 5.74) is 9.18. The first-order valence-electron chi connectivity index (χ1n) is 8.93. The number of aliphatic imine (C=N–C) groups is 1. The van der Waals surface area contributed by atoms with E-state index in [1.165, 1.54) is 18.4 Å². The maximum Gasteiger partial charge on any atom is 0.193 e. The van der Waals surface area contributed by atoms with Crippen LogP contribution < -0.4 is 16.0 Å². The fourth-order valence-electron chi connectivity index (χ4n) is 2.94. The van der Waals surface area contributed by atoms with Gasteiger partial charge >= 0.3 is 0 Å². The van der Waals surface area contributed by atoms with Crippen LogP contribution in [0.3, 0.4) is 0 Å². The standard InChI is InChI=1S/C20H27N5.HI/c1-15-3-6-18(7-4-15)24-20(21)23-14-17-5-8-19(22-13-17)25-11-9-16(2)10-12-25;/h3-8,13,16H,9-12,14H2,1-2H3,(H3,21,23,24);1H. The minimum absolute atomic E-state index is 0. The molecule has 0 amide bonds. The Hall–Kier alpha value is -1.83. The lowest BCUT2D eigenvalue weighted by Gasteiger charge is -2.31. The topological polar surface area (TPSA) is 66.5 Å². The average Bonchev–Trinajstić information content (AvgIpc) is 2.63. The largest absolute Gasteiger partial charge is 0.370 e. The first kappa shape index (κ1) is 20.5. The number of rotatable bonds is 4. The van der Waals surface area contributed by atoms with E-state index >= 15 is 0 Å². The molecule has 0 unspecified atom stereocenters. The molecule has 0 saturated carbocycles. The molecule has 0 spiro atoms. The Morgan fingerprint density at radius 3 is 2.50 bits per heavy atom. The normalized spacial score (nSPS) is 15.5. The van der Waals surface area contributed by atoms with Crippen molar-refractivity contribution in [2.24, 2.45) is 16.6 Å². The van der Waals surface area contributed by atoms with Gasteiger partial charge in [0.2, 0.25) is 0 Å². The van der Waals surface area contributed by atoms with Crippen molar-refractivity contribution in [2.75, 3.05) is 23.3 Å². The maximum absolute atomic E-state index is 5.96. The fourth-order valence-corrected chi connectivity index (χ4v) is 2.94. The highest BCUT2D eigenvalue weighted by Gasteiger charge is 2.16. The third-order valence-corrected chi connectivity index (χ3v) is 4.67. The molecule has 1 saturated heterocycles. The van der Waals surface area contributed by atoms with E-state index in [0.29, 0.717) is 12.5 Å². The Bertz CT molecular complexity index is 704. The van der Waals surface area contributed by atoms with Gasteiger partial charge in [-0.25, -0.2) is 9.98 Å². The molecule has 1 aromatic carbocycles. The van der Waals surface area contributed by atoms with Crippen LogP contribution in [0.4, 0.5) is 11.5 Å². The van der Waals surface area contributed by atoms with E-state index in [0.717, 1.165) is 36.1 Å². The highest BCUT2D eigenvalue weighted by molar-refractivity contribution is 14.0. The summed E-state index contributed by atoms with van der Waals surface area (Å²) in [4.78, 5) is 11.3. The molecule has 2 heterocycles. The van der Waals surface area contributed by atoms with Crippen molar-refractivity contribution >= 4 is 41.4 Å². The number of nitrogens with zero attached hydrogens (tertiary/aromatic N) is 3. The molecule has 1 aliphatic rings. The third-order valence-electron chi connectivity index (χ3n) is 4.67. The molecule has 6 heteroatoms. The molecule has 26 heavy (non-hydrogen) atoms. The van der Waals surface area contributed by atoms with Crippen molar-refractivity contribution < 1.29 is 0 Å². The number of benzene rings is 1. The van der Waals surface area contributed by atoms with Crippen molar-refractivity contribution in [3.8, 4) is 0 Å². The summed E-state index contributed by atoms with van der Waals surface area (Å²) in [7, 11) is 0. The molecule has 1 aromatic heterocycles. The lowest BCUT2D eigenvalue weighted by molar-refractivity contribution is 0.436. The molecular formula is C20H28IN5. The average molecular weight is 465 g/mol. The first-order chi connectivity index (χ1) is 12.1. The lowest BCUT2D eigenvalue weighted by Crippen LogP contribution is -2.33. The van der Waals surface area contributed by atoms with Gasteiger partial charge in [0.05, 0.1) is 6.54 Å². The zero-order valence-electron chi connectivity index (χ0n) is 15.5. The molecule has 1 fully saturated rings. The van der Waals surface area contributed by atoms with Crippen molar-refractivity contribution in [1.82, 2.24) is 4.98 Å². The number of anilines is 2. The Morgan fingerprint density at radius 1 is 1.19 bits per heavy atom. The molecule has 2 aromatic rings. The highest BCUT2D eigenvalue weighted by Crippen LogP contribution is 2.21. The van der Waals surface area contributed by atoms with Crippen LogP contribution in [0.15, 0.2) is 47.6 Å². The third kappa shape index (κ3) is 5.86. The van der Waals surface area contributed by atoms with Crippen LogP contribution >= 0.6 is 24.0 Å². The molecule has 0 aliphatic carbocycles. The zero-order chi connectivity index (χ0) is 17.6. The second-order valence-corrected chi connectivity index (χ2v) is 6.89. The summed E-state index contributed by atoms with van der Waals surface area (Å²) >= 11 is 0. The number of aryl methyl sites for hydroxylation is 1. The van der Waals surface area contributed by atoms with E-state index in [1.807, 2.05) is 30.5 Å². The van der Waals surface area contributed by atoms with Gasteiger partial charge in [0, 0.05) is 25.0 Å². The van der Waals surface area contributed by atoms with Gasteiger partial charge in [-0.1, -0.05) is 30.7 Å². The second kappa shape index (κ2) is 9.75. The summed E-state index contributed by atoms with van der Waals surface area (Å²) in [5, 5.41) is 3.11. The monoisotopic (exact) mass is 465 g/mol. The smallest absolute Gasteiger partial charge is 0.193 e. The van der Waals surface area contributed by atoms with E-state index in [4.69, 9.17) is 5.73 Å². The molecule has 5 nitrogen and oxygen atoms in total. The summed E-state index contributed by atoms with van der Waals surface area (Å²) in [6.07, 6.45) is 4.39. The van der Waals surface area contributed by atoms with Gasteiger partial charge in [0.15, 0.2) is 5.96 Å². The van der Waals surface area contributed by atoms with Crippen molar-refractivity contribution in [3.63, 3.8) is 0 Å². The van der Waals surface area contributed by atoms with Crippen LogP contribution in [0.5, 0.6) is 0 Å². The quantitative estimate of drug-likeness (QED) is 0.404. The number of pyridine rings is 1. The van der Waals surface area contributed by atoms with E-state index in [9.17, 15) is 0 Å². The van der Waals surface area contributed by atoms with Crippen LogP contribution in [0.2, 0.25) is 0 Å². The summed E-state index contributed by atoms with van der Waals surface area (Å²) in [5.74, 6) is 2.30. The zero-order valence-corrected chi connectivity index (χ0v) is 17.8. The molecule has 3 N–H and O–H groups in total. The van der Waals surface area contributed by atoms with Gasteiger partial charge in [-0.2, -0.15) is 0 Å². The van der Waals surface area contributed by atoms with E-state index < -0.39 is 0 Å². The predicted octanol–water partition coefficient (Wildman–Crippen LogP) is 4.17. The van der Waals surface area contributed by atoms with Gasteiger partial charge in [0.25, 0.3) is 0 Å². The molecule has 1 aliphatic heterocycles. The van der Waals surface area contributed by atoms with Gasteiger partial charge in [0.1, 0.15) is 5.82 Å². The van der Waals surface area contributed by atoms with Crippen molar-refractivity contribution in [3.05, 3.63) is 53.7 Å². The Kier molecular flexibility index (Phi) is 7.68. The van der Waals surface area contributed by atoms with Crippen molar-refractivity contribution in [1.29, 1.82) is 0 Å². The van der Waals surface area contributed by atoms with Gasteiger partial charge < -0.3 is 16.0 Å². The molecule has 140 valence electrons. The predicted molar refractivity (Wildman–Crippen MR) is 120 cm³/mol.